The zero-order valence-corrected chi connectivity index (χ0v) is 14.8. The van der Waals surface area contributed by atoms with Gasteiger partial charge in [0.05, 0.1) is 6.54 Å². The third kappa shape index (κ3) is 3.91. The van der Waals surface area contributed by atoms with E-state index in [1.807, 2.05) is 66.7 Å². The fourth-order valence-electron chi connectivity index (χ4n) is 3.09. The second-order valence-corrected chi connectivity index (χ2v) is 6.21. The van der Waals surface area contributed by atoms with Gasteiger partial charge in [-0.2, -0.15) is 0 Å². The second-order valence-electron chi connectivity index (χ2n) is 6.21. The first kappa shape index (κ1) is 17.2. The minimum atomic E-state index is 0.0640. The van der Waals surface area contributed by atoms with Gasteiger partial charge in [-0.3, -0.25) is 4.79 Å². The van der Waals surface area contributed by atoms with Crippen LogP contribution in [0, 0.1) is 0 Å². The number of ether oxygens (including phenoxy) is 1. The van der Waals surface area contributed by atoms with E-state index in [9.17, 15) is 4.79 Å². The average molecular weight is 336 g/mol. The van der Waals surface area contributed by atoms with E-state index < -0.39 is 0 Å². The van der Waals surface area contributed by atoms with Crippen LogP contribution in [0.15, 0.2) is 60.8 Å². The maximum absolute atomic E-state index is 13.3. The first-order valence-corrected chi connectivity index (χ1v) is 8.57. The maximum atomic E-state index is 13.3. The molecule has 0 saturated carbocycles. The zero-order chi connectivity index (χ0) is 17.6. The number of aromatic nitrogens is 1. The van der Waals surface area contributed by atoms with Crippen molar-refractivity contribution in [2.24, 2.45) is 7.05 Å². The first-order valence-electron chi connectivity index (χ1n) is 8.57. The predicted molar refractivity (Wildman–Crippen MR) is 101 cm³/mol. The monoisotopic (exact) mass is 336 g/mol. The molecular formula is C21H24N2O2. The summed E-state index contributed by atoms with van der Waals surface area (Å²) < 4.78 is 7.22. The van der Waals surface area contributed by atoms with Crippen molar-refractivity contribution < 1.29 is 9.53 Å². The van der Waals surface area contributed by atoms with Gasteiger partial charge in [-0.15, -0.1) is 0 Å². The number of hydrogen-bond donors (Lipinski definition) is 0. The molecular weight excluding hydrogens is 312 g/mol. The van der Waals surface area contributed by atoms with E-state index in [-0.39, 0.29) is 5.91 Å². The van der Waals surface area contributed by atoms with Crippen LogP contribution >= 0.6 is 0 Å². The van der Waals surface area contributed by atoms with E-state index in [4.69, 9.17) is 4.74 Å². The lowest BCUT2D eigenvalue weighted by Gasteiger charge is -2.24. The molecule has 0 aliphatic rings. The molecule has 3 rings (SSSR count). The first-order chi connectivity index (χ1) is 12.2. The Hall–Kier alpha value is -2.59. The summed E-state index contributed by atoms with van der Waals surface area (Å²) in [5, 5.41) is 2.09. The van der Waals surface area contributed by atoms with Crippen LogP contribution in [-0.4, -0.2) is 35.6 Å². The van der Waals surface area contributed by atoms with Gasteiger partial charge in [0.2, 0.25) is 0 Å². The number of fused-ring (bicyclic) bond motifs is 1. The van der Waals surface area contributed by atoms with Gasteiger partial charge in [0.15, 0.2) is 0 Å². The lowest BCUT2D eigenvalue weighted by molar-refractivity contribution is 0.0722. The predicted octanol–water partition coefficient (Wildman–Crippen LogP) is 3.86. The van der Waals surface area contributed by atoms with Gasteiger partial charge in [-0.05, 0) is 35.4 Å². The molecule has 4 heteroatoms. The Morgan fingerprint density at radius 3 is 2.64 bits per heavy atom. The second kappa shape index (κ2) is 7.99. The molecule has 0 fully saturated rings. The quantitative estimate of drug-likeness (QED) is 0.614. The van der Waals surface area contributed by atoms with Crippen LogP contribution in [0.4, 0.5) is 0 Å². The number of benzene rings is 2. The summed E-state index contributed by atoms with van der Waals surface area (Å²) in [6.45, 7) is 1.91. The minimum Gasteiger partial charge on any atom is -0.385 e. The summed E-state index contributed by atoms with van der Waals surface area (Å²) in [6.07, 6.45) is 2.82. The standard InChI is InChI=1S/C21H24N2O2/c1-22-13-6-10-18(22)16-23(14-7-15-25-2)21(24)20-12-5-9-17-8-3-4-11-19(17)20/h3-6,8-13H,7,14-16H2,1-2H3. The van der Waals surface area contributed by atoms with Crippen LogP contribution in [0.5, 0.6) is 0 Å². The fraction of sp³-hybridized carbons (Fsp3) is 0.286. The van der Waals surface area contributed by atoms with E-state index in [1.165, 1.54) is 0 Å². The van der Waals surface area contributed by atoms with Gasteiger partial charge >= 0.3 is 0 Å². The van der Waals surface area contributed by atoms with Gasteiger partial charge in [0.1, 0.15) is 0 Å². The normalized spacial score (nSPS) is 11.0. The minimum absolute atomic E-state index is 0.0640. The Kier molecular flexibility index (Phi) is 5.51. The van der Waals surface area contributed by atoms with Crippen LogP contribution in [0.1, 0.15) is 22.5 Å². The van der Waals surface area contributed by atoms with Crippen molar-refractivity contribution in [1.82, 2.24) is 9.47 Å². The Labute approximate surface area is 148 Å². The molecule has 1 heterocycles. The number of aryl methyl sites for hydroxylation is 1. The van der Waals surface area contributed by atoms with Crippen molar-refractivity contribution in [2.45, 2.75) is 13.0 Å². The maximum Gasteiger partial charge on any atom is 0.254 e. The van der Waals surface area contributed by atoms with Crippen molar-refractivity contribution in [1.29, 1.82) is 0 Å². The van der Waals surface area contributed by atoms with Crippen molar-refractivity contribution >= 4 is 16.7 Å². The molecule has 0 atom stereocenters. The zero-order valence-electron chi connectivity index (χ0n) is 14.8. The van der Waals surface area contributed by atoms with Crippen LogP contribution in [0.3, 0.4) is 0 Å². The lowest BCUT2D eigenvalue weighted by atomic mass is 10.0. The third-order valence-electron chi connectivity index (χ3n) is 4.49. The third-order valence-corrected chi connectivity index (χ3v) is 4.49. The number of carbonyl (C=O) groups is 1. The van der Waals surface area contributed by atoms with Crippen LogP contribution in [-0.2, 0) is 18.3 Å². The molecule has 3 aromatic rings. The van der Waals surface area contributed by atoms with E-state index in [0.29, 0.717) is 19.7 Å². The highest BCUT2D eigenvalue weighted by Gasteiger charge is 2.19. The topological polar surface area (TPSA) is 34.5 Å². The highest BCUT2D eigenvalue weighted by atomic mass is 16.5. The molecule has 0 spiro atoms. The highest BCUT2D eigenvalue weighted by molar-refractivity contribution is 6.06. The van der Waals surface area contributed by atoms with Gasteiger partial charge < -0.3 is 14.2 Å². The molecule has 1 aromatic heterocycles. The van der Waals surface area contributed by atoms with Crippen molar-refractivity contribution in [3.63, 3.8) is 0 Å². The Bertz CT molecular complexity index is 848. The van der Waals surface area contributed by atoms with Gasteiger partial charge in [0.25, 0.3) is 5.91 Å². The number of nitrogens with zero attached hydrogens (tertiary/aromatic N) is 2. The molecule has 4 nitrogen and oxygen atoms in total. The van der Waals surface area contributed by atoms with Gasteiger partial charge in [-0.1, -0.05) is 36.4 Å². The smallest absolute Gasteiger partial charge is 0.254 e. The SMILES string of the molecule is COCCCN(Cc1cccn1C)C(=O)c1cccc2ccccc12. The number of rotatable bonds is 7. The molecule has 0 aliphatic carbocycles. The Morgan fingerprint density at radius 2 is 1.88 bits per heavy atom. The van der Waals surface area contributed by atoms with E-state index >= 15 is 0 Å². The summed E-state index contributed by atoms with van der Waals surface area (Å²) in [7, 11) is 3.69. The summed E-state index contributed by atoms with van der Waals surface area (Å²) in [6, 6.07) is 18.0. The van der Waals surface area contributed by atoms with Crippen LogP contribution < -0.4 is 0 Å². The van der Waals surface area contributed by atoms with Crippen molar-refractivity contribution in [2.75, 3.05) is 20.3 Å². The van der Waals surface area contributed by atoms with Crippen molar-refractivity contribution in [3.05, 3.63) is 72.1 Å². The summed E-state index contributed by atoms with van der Waals surface area (Å²) in [5.74, 6) is 0.0640. The molecule has 0 unspecified atom stereocenters. The molecule has 0 saturated heterocycles. The summed E-state index contributed by atoms with van der Waals surface area (Å²) in [5.41, 5.74) is 1.87. The molecule has 25 heavy (non-hydrogen) atoms. The van der Waals surface area contributed by atoms with Gasteiger partial charge in [-0.25, -0.2) is 0 Å². The fourth-order valence-corrected chi connectivity index (χ4v) is 3.09. The number of carbonyl (C=O) groups excluding carboxylic acids is 1. The van der Waals surface area contributed by atoms with Gasteiger partial charge in [0, 0.05) is 44.8 Å². The highest BCUT2D eigenvalue weighted by Crippen LogP contribution is 2.21. The molecule has 0 radical (unpaired) electrons. The molecule has 1 amide bonds. The molecule has 130 valence electrons. The average Bonchev–Trinajstić information content (AvgIpc) is 3.04. The largest absolute Gasteiger partial charge is 0.385 e. The number of amides is 1. The van der Waals surface area contributed by atoms with E-state index in [0.717, 1.165) is 28.5 Å². The van der Waals surface area contributed by atoms with Crippen molar-refractivity contribution in [3.8, 4) is 0 Å². The Balaban J connectivity index is 1.90. The number of methoxy groups -OCH3 is 1. The Morgan fingerprint density at radius 1 is 1.08 bits per heavy atom. The molecule has 0 N–H and O–H groups in total. The van der Waals surface area contributed by atoms with E-state index in [2.05, 4.69) is 10.6 Å². The number of hydrogen-bond acceptors (Lipinski definition) is 2. The van der Waals surface area contributed by atoms with Crippen LogP contribution in [0.25, 0.3) is 10.8 Å². The van der Waals surface area contributed by atoms with E-state index in [1.54, 1.807) is 7.11 Å². The summed E-state index contributed by atoms with van der Waals surface area (Å²) in [4.78, 5) is 15.2. The van der Waals surface area contributed by atoms with Crippen LogP contribution in [0.2, 0.25) is 0 Å². The lowest BCUT2D eigenvalue weighted by Crippen LogP contribution is -2.32. The molecule has 0 bridgehead atoms. The molecule has 2 aromatic carbocycles. The molecule has 0 aliphatic heterocycles. The summed E-state index contributed by atoms with van der Waals surface area (Å²) >= 11 is 0.